The molecule has 1 heterocycles. The Bertz CT molecular complexity index is 177. The van der Waals surface area contributed by atoms with Gasteiger partial charge in [0.1, 0.15) is 0 Å². The van der Waals surface area contributed by atoms with Gasteiger partial charge in [0, 0.05) is 13.1 Å². The summed E-state index contributed by atoms with van der Waals surface area (Å²) in [5, 5.41) is 0. The highest BCUT2D eigenvalue weighted by Crippen LogP contribution is 1.97. The van der Waals surface area contributed by atoms with Gasteiger partial charge in [-0.15, -0.1) is 0 Å². The molecule has 11 heavy (non-hydrogen) atoms. The summed E-state index contributed by atoms with van der Waals surface area (Å²) < 4.78 is 5.08. The van der Waals surface area contributed by atoms with E-state index in [0.29, 0.717) is 26.3 Å². The van der Waals surface area contributed by atoms with E-state index >= 15 is 0 Å². The number of primary amides is 1. The van der Waals surface area contributed by atoms with Crippen LogP contribution < -0.4 is 5.73 Å². The molecule has 4 nitrogen and oxygen atoms in total. The number of nitrogens with zero attached hydrogens (tertiary/aromatic N) is 1. The highest BCUT2D eigenvalue weighted by molar-refractivity contribution is 7.81. The van der Waals surface area contributed by atoms with E-state index in [9.17, 15) is 4.79 Å². The van der Waals surface area contributed by atoms with Gasteiger partial charge in [-0.1, -0.05) is 12.2 Å². The predicted molar refractivity (Wildman–Crippen MR) is 44.2 cm³/mol. The van der Waals surface area contributed by atoms with Gasteiger partial charge < -0.3 is 15.4 Å². The molecule has 1 rings (SSSR count). The molecule has 0 aromatic rings. The molecule has 0 unspecified atom stereocenters. The summed E-state index contributed by atoms with van der Waals surface area (Å²) in [6.07, 6.45) is 0. The summed E-state index contributed by atoms with van der Waals surface area (Å²) in [6.45, 7) is 2.57. The van der Waals surface area contributed by atoms with Gasteiger partial charge >= 0.3 is 0 Å². The third-order valence-electron chi connectivity index (χ3n) is 1.51. The first kappa shape index (κ1) is 8.42. The van der Waals surface area contributed by atoms with Crippen LogP contribution in [0, 0.1) is 0 Å². The number of carbonyl (C=O) groups is 1. The van der Waals surface area contributed by atoms with Crippen molar-refractivity contribution >= 4 is 23.1 Å². The molecule has 1 amide bonds. The minimum Gasteiger partial charge on any atom is -0.378 e. The fourth-order valence-corrected chi connectivity index (χ4v) is 1.10. The maximum absolute atomic E-state index is 10.6. The van der Waals surface area contributed by atoms with Crippen molar-refractivity contribution < 1.29 is 9.53 Å². The van der Waals surface area contributed by atoms with E-state index in [4.69, 9.17) is 22.7 Å². The Labute approximate surface area is 70.3 Å². The van der Waals surface area contributed by atoms with Gasteiger partial charge in [-0.25, -0.2) is 0 Å². The molecule has 0 spiro atoms. The van der Waals surface area contributed by atoms with E-state index < -0.39 is 5.91 Å². The molecule has 1 aliphatic heterocycles. The molecule has 1 saturated heterocycles. The van der Waals surface area contributed by atoms with Crippen molar-refractivity contribution in [2.75, 3.05) is 26.3 Å². The molecular formula is C6H10N2O2S. The lowest BCUT2D eigenvalue weighted by atomic mass is 10.4. The maximum atomic E-state index is 10.6. The van der Waals surface area contributed by atoms with Crippen LogP contribution in [0.25, 0.3) is 0 Å². The molecule has 1 aliphatic rings. The SMILES string of the molecule is NC(=O)C(=S)N1CCOCC1. The quantitative estimate of drug-likeness (QED) is 0.485. The second-order valence-corrected chi connectivity index (χ2v) is 2.66. The normalized spacial score (nSPS) is 18.0. The Balaban J connectivity index is 2.45. The van der Waals surface area contributed by atoms with Gasteiger partial charge in [-0.2, -0.15) is 0 Å². The van der Waals surface area contributed by atoms with Crippen molar-refractivity contribution in [3.05, 3.63) is 0 Å². The third kappa shape index (κ3) is 2.13. The maximum Gasteiger partial charge on any atom is 0.276 e. The number of hydrogen-bond donors (Lipinski definition) is 1. The largest absolute Gasteiger partial charge is 0.378 e. The topological polar surface area (TPSA) is 55.6 Å². The van der Waals surface area contributed by atoms with Gasteiger partial charge in [0.05, 0.1) is 13.2 Å². The van der Waals surface area contributed by atoms with Crippen LogP contribution in [-0.2, 0) is 9.53 Å². The average Bonchev–Trinajstić information content (AvgIpc) is 2.05. The zero-order valence-corrected chi connectivity index (χ0v) is 6.89. The molecule has 0 atom stereocenters. The number of thiocarbonyl (C=S) groups is 1. The molecule has 0 saturated carbocycles. The lowest BCUT2D eigenvalue weighted by Gasteiger charge is -2.27. The summed E-state index contributed by atoms with van der Waals surface area (Å²) in [5.74, 6) is -0.526. The lowest BCUT2D eigenvalue weighted by molar-refractivity contribution is -0.112. The second kappa shape index (κ2) is 3.64. The molecule has 0 aromatic carbocycles. The van der Waals surface area contributed by atoms with Crippen LogP contribution in [-0.4, -0.2) is 42.1 Å². The fourth-order valence-electron chi connectivity index (χ4n) is 0.922. The minimum absolute atomic E-state index is 0.216. The average molecular weight is 174 g/mol. The van der Waals surface area contributed by atoms with Crippen LogP contribution in [0.3, 0.4) is 0 Å². The van der Waals surface area contributed by atoms with Crippen LogP contribution >= 0.6 is 12.2 Å². The first-order valence-corrected chi connectivity index (χ1v) is 3.79. The third-order valence-corrected chi connectivity index (χ3v) is 1.97. The first-order chi connectivity index (χ1) is 5.22. The zero-order chi connectivity index (χ0) is 8.27. The van der Waals surface area contributed by atoms with Crippen molar-refractivity contribution in [3.63, 3.8) is 0 Å². The Kier molecular flexibility index (Phi) is 2.78. The van der Waals surface area contributed by atoms with E-state index in [1.807, 2.05) is 0 Å². The number of ether oxygens (including phenoxy) is 1. The van der Waals surface area contributed by atoms with Crippen molar-refractivity contribution in [2.24, 2.45) is 5.73 Å². The van der Waals surface area contributed by atoms with Crippen molar-refractivity contribution in [3.8, 4) is 0 Å². The van der Waals surface area contributed by atoms with Crippen molar-refractivity contribution in [2.45, 2.75) is 0 Å². The smallest absolute Gasteiger partial charge is 0.276 e. The van der Waals surface area contributed by atoms with E-state index in [0.717, 1.165) is 0 Å². The summed E-state index contributed by atoms with van der Waals surface area (Å²) in [6, 6.07) is 0. The molecule has 5 heteroatoms. The second-order valence-electron chi connectivity index (χ2n) is 2.27. The molecular weight excluding hydrogens is 164 g/mol. The Morgan fingerprint density at radius 2 is 2.00 bits per heavy atom. The number of amides is 1. The van der Waals surface area contributed by atoms with Gasteiger partial charge in [-0.05, 0) is 0 Å². The molecule has 0 bridgehead atoms. The zero-order valence-electron chi connectivity index (χ0n) is 6.08. The highest BCUT2D eigenvalue weighted by atomic mass is 32.1. The molecule has 62 valence electrons. The van der Waals surface area contributed by atoms with Crippen molar-refractivity contribution in [1.29, 1.82) is 0 Å². The lowest BCUT2D eigenvalue weighted by Crippen LogP contribution is -2.45. The van der Waals surface area contributed by atoms with Crippen LogP contribution in [0.15, 0.2) is 0 Å². The molecule has 0 aromatic heterocycles. The fraction of sp³-hybridized carbons (Fsp3) is 0.667. The summed E-state index contributed by atoms with van der Waals surface area (Å²) >= 11 is 4.79. The van der Waals surface area contributed by atoms with Gasteiger partial charge in [-0.3, -0.25) is 4.79 Å². The Hall–Kier alpha value is -0.680. The van der Waals surface area contributed by atoms with E-state index in [1.165, 1.54) is 0 Å². The molecule has 2 N–H and O–H groups in total. The van der Waals surface area contributed by atoms with Crippen LogP contribution in [0.1, 0.15) is 0 Å². The van der Waals surface area contributed by atoms with Gasteiger partial charge in [0.2, 0.25) is 0 Å². The van der Waals surface area contributed by atoms with Gasteiger partial charge in [0.15, 0.2) is 4.99 Å². The molecule has 0 aliphatic carbocycles. The summed E-state index contributed by atoms with van der Waals surface area (Å²) in [7, 11) is 0. The molecule has 1 fully saturated rings. The van der Waals surface area contributed by atoms with Crippen LogP contribution in [0.2, 0.25) is 0 Å². The number of morpholine rings is 1. The van der Waals surface area contributed by atoms with Gasteiger partial charge in [0.25, 0.3) is 5.91 Å². The molecule has 0 radical (unpaired) electrons. The van der Waals surface area contributed by atoms with Crippen LogP contribution in [0.4, 0.5) is 0 Å². The number of hydrogen-bond acceptors (Lipinski definition) is 3. The minimum atomic E-state index is -0.526. The van der Waals surface area contributed by atoms with Crippen molar-refractivity contribution in [1.82, 2.24) is 4.90 Å². The van der Waals surface area contributed by atoms with E-state index in [1.54, 1.807) is 4.90 Å². The first-order valence-electron chi connectivity index (χ1n) is 3.38. The number of nitrogens with two attached hydrogens (primary N) is 1. The highest BCUT2D eigenvalue weighted by Gasteiger charge is 2.16. The van der Waals surface area contributed by atoms with E-state index in [2.05, 4.69) is 0 Å². The summed E-state index contributed by atoms with van der Waals surface area (Å²) in [4.78, 5) is 12.6. The van der Waals surface area contributed by atoms with Crippen LogP contribution in [0.5, 0.6) is 0 Å². The predicted octanol–water partition coefficient (Wildman–Crippen LogP) is -0.869. The van der Waals surface area contributed by atoms with E-state index in [-0.39, 0.29) is 4.99 Å². The number of rotatable bonds is 0. The Morgan fingerprint density at radius 1 is 1.45 bits per heavy atom. The summed E-state index contributed by atoms with van der Waals surface area (Å²) in [5.41, 5.74) is 5.00. The standard InChI is InChI=1S/C6H10N2O2S/c7-5(9)6(11)8-1-3-10-4-2-8/h1-4H2,(H2,7,9). The monoisotopic (exact) mass is 174 g/mol. The number of carbonyl (C=O) groups excluding carboxylic acids is 1. The Morgan fingerprint density at radius 3 is 2.45 bits per heavy atom.